The zero-order chi connectivity index (χ0) is 25.5. The Morgan fingerprint density at radius 1 is 0.882 bits per heavy atom. The monoisotopic (exact) mass is 582 g/mol. The van der Waals surface area contributed by atoms with Crippen LogP contribution < -0.4 is 10.6 Å². The molecule has 0 fully saturated rings. The number of rotatable bonds is 14. The predicted molar refractivity (Wildman–Crippen MR) is 134 cm³/mol. The number of hydrogen-bond acceptors (Lipinski definition) is 7. The molecule has 2 aromatic carbocycles. The summed E-state index contributed by atoms with van der Waals surface area (Å²) < 4.78 is 29.0. The summed E-state index contributed by atoms with van der Waals surface area (Å²) in [6.45, 7) is 4.93. The molecule has 34 heavy (non-hydrogen) atoms. The molecule has 0 saturated heterocycles. The molecule has 0 aliphatic rings. The molecule has 0 bridgehead atoms. The lowest BCUT2D eigenvalue weighted by Gasteiger charge is -2.20. The highest BCUT2D eigenvalue weighted by molar-refractivity contribution is 9.09. The molecule has 1 unspecified atom stereocenters. The van der Waals surface area contributed by atoms with Gasteiger partial charge in [0.05, 0.1) is 12.2 Å². The molecule has 0 radical (unpaired) electrons. The van der Waals surface area contributed by atoms with Crippen LogP contribution in [0.1, 0.15) is 24.5 Å². The van der Waals surface area contributed by atoms with Gasteiger partial charge in [-0.2, -0.15) is 4.31 Å². The van der Waals surface area contributed by atoms with Crippen LogP contribution in [0.2, 0.25) is 0 Å². The van der Waals surface area contributed by atoms with Crippen molar-refractivity contribution < 1.29 is 37.8 Å². The van der Waals surface area contributed by atoms with Crippen molar-refractivity contribution in [1.82, 2.24) is 10.6 Å². The van der Waals surface area contributed by atoms with Crippen LogP contribution in [0.3, 0.4) is 0 Å². The highest BCUT2D eigenvalue weighted by atomic mass is 79.9. The number of alkyl halides is 1. The fraction of sp³-hybridized carbons (Fsp3) is 0.429. The summed E-state index contributed by atoms with van der Waals surface area (Å²) >= 11 is 3.01. The van der Waals surface area contributed by atoms with Crippen LogP contribution in [0, 0.1) is 0 Å². The van der Waals surface area contributed by atoms with Crippen LogP contribution >= 0.6 is 31.6 Å². The fourth-order valence-corrected chi connectivity index (χ4v) is 4.31. The van der Waals surface area contributed by atoms with Crippen molar-refractivity contribution >= 4 is 31.6 Å². The Kier molecular flexibility index (Phi) is 14.6. The Morgan fingerprint density at radius 2 is 1.32 bits per heavy atom. The Hall–Kier alpha value is -0.940. The van der Waals surface area contributed by atoms with E-state index in [0.29, 0.717) is 0 Å². The molecule has 192 valence electrons. The molecule has 0 aliphatic carbocycles. The lowest BCUT2D eigenvalue weighted by atomic mass is 10.1. The summed E-state index contributed by atoms with van der Waals surface area (Å²) in [5.41, 5.74) is 1.52. The molecule has 0 amide bonds. The van der Waals surface area contributed by atoms with Gasteiger partial charge in [-0.1, -0.05) is 76.6 Å². The largest absolute Gasteiger partial charge is 0.481 e. The van der Waals surface area contributed by atoms with Gasteiger partial charge in [-0.15, -0.1) is 0 Å². The molecule has 0 aromatic heterocycles. The zero-order valence-electron chi connectivity index (χ0n) is 18.9. The van der Waals surface area contributed by atoms with Crippen molar-refractivity contribution in [3.63, 3.8) is 0 Å². The van der Waals surface area contributed by atoms with E-state index in [4.69, 9.17) is 14.7 Å². The molecule has 13 heteroatoms. The SMILES string of the molecule is C[C@](O)(CBr)CCOP(=O)(O)OP(=O)(O)O.c1ccc(CNCCNCc2ccccc2)cc1. The predicted octanol–water partition coefficient (Wildman–Crippen LogP) is 3.31. The molecule has 6 N–H and O–H groups in total. The van der Waals surface area contributed by atoms with Gasteiger partial charge >= 0.3 is 15.6 Å². The van der Waals surface area contributed by atoms with E-state index in [1.807, 2.05) is 12.1 Å². The van der Waals surface area contributed by atoms with E-state index >= 15 is 0 Å². The topological polar surface area (TPSA) is 158 Å². The van der Waals surface area contributed by atoms with Gasteiger partial charge in [0.15, 0.2) is 0 Å². The second kappa shape index (κ2) is 15.9. The lowest BCUT2D eigenvalue weighted by molar-refractivity contribution is 0.0554. The normalized spacial score (nSPS) is 15.0. The molecular weight excluding hydrogens is 550 g/mol. The first-order valence-electron chi connectivity index (χ1n) is 10.4. The molecule has 0 heterocycles. The van der Waals surface area contributed by atoms with Gasteiger partial charge in [0.2, 0.25) is 0 Å². The van der Waals surface area contributed by atoms with E-state index in [2.05, 4.69) is 83.9 Å². The highest BCUT2D eigenvalue weighted by Crippen LogP contribution is 2.57. The number of benzene rings is 2. The molecule has 10 nitrogen and oxygen atoms in total. The van der Waals surface area contributed by atoms with Crippen LogP contribution in [0.25, 0.3) is 0 Å². The molecule has 2 rings (SSSR count). The number of aliphatic hydroxyl groups is 1. The van der Waals surface area contributed by atoms with E-state index in [9.17, 15) is 14.2 Å². The van der Waals surface area contributed by atoms with Crippen molar-refractivity contribution in [1.29, 1.82) is 0 Å². The third-order valence-electron chi connectivity index (χ3n) is 4.21. The van der Waals surface area contributed by atoms with Crippen molar-refractivity contribution in [2.45, 2.75) is 32.0 Å². The fourth-order valence-electron chi connectivity index (χ4n) is 2.44. The van der Waals surface area contributed by atoms with E-state index in [0.717, 1.165) is 26.2 Å². The maximum Gasteiger partial charge on any atom is 0.481 e. The minimum atomic E-state index is -5.08. The minimum Gasteiger partial charge on any atom is -0.389 e. The smallest absolute Gasteiger partial charge is 0.389 e. The number of halogens is 1. The second-order valence-electron chi connectivity index (χ2n) is 7.58. The highest BCUT2D eigenvalue weighted by Gasteiger charge is 2.33. The molecule has 0 spiro atoms. The number of phosphoric acid groups is 2. The second-order valence-corrected chi connectivity index (χ2v) is 11.0. The first-order valence-corrected chi connectivity index (χ1v) is 14.6. The quantitative estimate of drug-likeness (QED) is 0.111. The van der Waals surface area contributed by atoms with E-state index in [1.165, 1.54) is 18.1 Å². The third-order valence-corrected chi connectivity index (χ3v) is 7.61. The van der Waals surface area contributed by atoms with Crippen LogP contribution in [-0.4, -0.2) is 50.4 Å². The van der Waals surface area contributed by atoms with Crippen LogP contribution in [0.4, 0.5) is 0 Å². The molecule has 0 aliphatic heterocycles. The van der Waals surface area contributed by atoms with Crippen LogP contribution in [0.5, 0.6) is 0 Å². The summed E-state index contributed by atoms with van der Waals surface area (Å²) in [5.74, 6) is 0. The van der Waals surface area contributed by atoms with Gasteiger partial charge in [0, 0.05) is 37.9 Å². The Labute approximate surface area is 208 Å². The average Bonchev–Trinajstić information content (AvgIpc) is 2.76. The van der Waals surface area contributed by atoms with E-state index < -0.39 is 21.2 Å². The Morgan fingerprint density at radius 3 is 1.71 bits per heavy atom. The van der Waals surface area contributed by atoms with Crippen molar-refractivity contribution in [3.05, 3.63) is 71.8 Å². The van der Waals surface area contributed by atoms with Crippen molar-refractivity contribution in [3.8, 4) is 0 Å². The molecule has 2 atom stereocenters. The maximum atomic E-state index is 10.9. The van der Waals surface area contributed by atoms with Gasteiger partial charge in [-0.05, 0) is 18.1 Å². The van der Waals surface area contributed by atoms with Crippen molar-refractivity contribution in [2.24, 2.45) is 0 Å². The minimum absolute atomic E-state index is 0.00663. The van der Waals surface area contributed by atoms with Crippen molar-refractivity contribution in [2.75, 3.05) is 25.0 Å². The lowest BCUT2D eigenvalue weighted by Crippen LogP contribution is -2.27. The number of nitrogens with one attached hydrogen (secondary N) is 2. The van der Waals surface area contributed by atoms with Gasteiger partial charge in [0.1, 0.15) is 0 Å². The summed E-state index contributed by atoms with van der Waals surface area (Å²) in [6, 6.07) is 21.0. The van der Waals surface area contributed by atoms with Gasteiger partial charge in [0.25, 0.3) is 0 Å². The van der Waals surface area contributed by atoms with Gasteiger partial charge in [-0.3, -0.25) is 4.52 Å². The average molecular weight is 583 g/mol. The van der Waals surface area contributed by atoms with Gasteiger partial charge in [-0.25, -0.2) is 9.13 Å². The first kappa shape index (κ1) is 31.1. The zero-order valence-corrected chi connectivity index (χ0v) is 22.3. The summed E-state index contributed by atoms with van der Waals surface area (Å²) in [5, 5.41) is 16.5. The standard InChI is InChI=1S/C16H20N2.C5H13BrO8P2/c1-3-7-15(8-4-1)13-17-11-12-18-14-16-9-5-2-6-10-16;1-5(7,4-6)2-3-13-16(11,12)14-15(8,9)10/h1-10,17-18H,11-14H2;7H,2-4H2,1H3,(H,11,12)(H2,8,9,10)/t;5-/m.1/s1. The van der Waals surface area contributed by atoms with Gasteiger partial charge < -0.3 is 30.4 Å². The van der Waals surface area contributed by atoms with E-state index in [-0.39, 0.29) is 18.4 Å². The summed E-state index contributed by atoms with van der Waals surface area (Å²) in [7, 11) is -9.89. The Bertz CT molecular complexity index is 857. The molecule has 0 saturated carbocycles. The van der Waals surface area contributed by atoms with E-state index in [1.54, 1.807) is 0 Å². The summed E-state index contributed by atoms with van der Waals surface area (Å²) in [4.78, 5) is 25.4. The van der Waals surface area contributed by atoms with Crippen LogP contribution in [-0.2, 0) is 31.1 Å². The number of phosphoric ester groups is 1. The first-order chi connectivity index (χ1) is 15.9. The van der Waals surface area contributed by atoms with Crippen LogP contribution in [0.15, 0.2) is 60.7 Å². The number of hydrogen-bond donors (Lipinski definition) is 6. The Balaban J connectivity index is 0.000000344. The summed E-state index contributed by atoms with van der Waals surface area (Å²) in [6.07, 6.45) is -0.00663. The molecular formula is C21H33BrN2O8P2. The molecule has 2 aromatic rings. The maximum absolute atomic E-state index is 10.9. The third kappa shape index (κ3) is 16.6.